The Hall–Kier alpha value is -2.48. The molecule has 0 unspecified atom stereocenters. The number of carbonyl (C=O) groups is 1. The number of aryl methyl sites for hydroxylation is 1. The molecule has 7 nitrogen and oxygen atoms in total. The van der Waals surface area contributed by atoms with E-state index in [0.717, 1.165) is 10.0 Å². The van der Waals surface area contributed by atoms with E-state index in [-0.39, 0.29) is 12.0 Å². The molecule has 2 aromatic rings. The maximum atomic E-state index is 11.8. The van der Waals surface area contributed by atoms with Gasteiger partial charge in [-0.1, -0.05) is 28.1 Å². The Morgan fingerprint density at radius 3 is 2.59 bits per heavy atom. The molecule has 0 spiro atoms. The first-order valence-corrected chi connectivity index (χ1v) is 7.14. The van der Waals surface area contributed by atoms with Gasteiger partial charge in [0.15, 0.2) is 0 Å². The van der Waals surface area contributed by atoms with Crippen molar-refractivity contribution in [3.8, 4) is 0 Å². The van der Waals surface area contributed by atoms with Crippen molar-refractivity contribution in [1.29, 1.82) is 0 Å². The Bertz CT molecular complexity index is 821. The van der Waals surface area contributed by atoms with Crippen LogP contribution in [0.3, 0.4) is 0 Å². The van der Waals surface area contributed by atoms with Crippen LogP contribution in [0.15, 0.2) is 43.4 Å². The van der Waals surface area contributed by atoms with Gasteiger partial charge in [0.25, 0.3) is 5.56 Å². The zero-order chi connectivity index (χ0) is 16.1. The number of amides is 1. The maximum absolute atomic E-state index is 11.8. The standard InChI is InChI=1S/C14H13BrN4O3/c1-8-11(13(21)18-14(22)17-8)6-12(20)19-16-7-9-2-4-10(15)5-3-9/h2-5,7H,6H2,1H3,(H,19,20)(H2,17,18,21,22)/b16-7-. The van der Waals surface area contributed by atoms with Crippen LogP contribution in [0.5, 0.6) is 0 Å². The molecule has 0 aliphatic carbocycles. The lowest BCUT2D eigenvalue weighted by Crippen LogP contribution is -2.30. The van der Waals surface area contributed by atoms with Gasteiger partial charge in [-0.2, -0.15) is 5.10 Å². The minimum absolute atomic E-state index is 0.171. The van der Waals surface area contributed by atoms with Gasteiger partial charge in [0.1, 0.15) is 0 Å². The molecule has 8 heteroatoms. The number of benzene rings is 1. The van der Waals surface area contributed by atoms with Crippen molar-refractivity contribution in [3.05, 3.63) is 66.4 Å². The zero-order valence-electron chi connectivity index (χ0n) is 11.6. The van der Waals surface area contributed by atoms with Crippen molar-refractivity contribution in [2.75, 3.05) is 0 Å². The SMILES string of the molecule is Cc1[nH]c(=O)[nH]c(=O)c1CC(=O)N/N=C\c1ccc(Br)cc1. The number of halogens is 1. The molecule has 114 valence electrons. The maximum Gasteiger partial charge on any atom is 0.325 e. The van der Waals surface area contributed by atoms with Crippen molar-refractivity contribution in [2.24, 2.45) is 5.10 Å². The Kier molecular flexibility index (Phi) is 5.05. The van der Waals surface area contributed by atoms with Crippen LogP contribution >= 0.6 is 15.9 Å². The van der Waals surface area contributed by atoms with Gasteiger partial charge in [-0.25, -0.2) is 10.2 Å². The third kappa shape index (κ3) is 4.26. The number of hydrogen-bond acceptors (Lipinski definition) is 4. The summed E-state index contributed by atoms with van der Waals surface area (Å²) in [5.41, 5.74) is 2.55. The molecule has 0 bridgehead atoms. The number of rotatable bonds is 4. The Morgan fingerprint density at radius 1 is 1.27 bits per heavy atom. The summed E-state index contributed by atoms with van der Waals surface area (Å²) in [6, 6.07) is 7.37. The first-order chi connectivity index (χ1) is 10.5. The summed E-state index contributed by atoms with van der Waals surface area (Å²) in [4.78, 5) is 39.0. The van der Waals surface area contributed by atoms with Crippen molar-refractivity contribution < 1.29 is 4.79 Å². The number of nitrogens with zero attached hydrogens (tertiary/aromatic N) is 1. The first-order valence-electron chi connectivity index (χ1n) is 6.35. The lowest BCUT2D eigenvalue weighted by molar-refractivity contribution is -0.120. The number of hydrogen-bond donors (Lipinski definition) is 3. The number of carbonyl (C=O) groups excluding carboxylic acids is 1. The molecular formula is C14H13BrN4O3. The van der Waals surface area contributed by atoms with E-state index in [1.807, 2.05) is 24.3 Å². The lowest BCUT2D eigenvalue weighted by Gasteiger charge is -2.02. The molecule has 1 aromatic heterocycles. The zero-order valence-corrected chi connectivity index (χ0v) is 13.2. The monoisotopic (exact) mass is 364 g/mol. The quantitative estimate of drug-likeness (QED) is 0.552. The molecule has 0 radical (unpaired) electrons. The van der Waals surface area contributed by atoms with Gasteiger partial charge in [0.05, 0.1) is 12.6 Å². The molecular weight excluding hydrogens is 352 g/mol. The molecule has 1 heterocycles. The molecule has 0 fully saturated rings. The normalized spacial score (nSPS) is 10.8. The van der Waals surface area contributed by atoms with E-state index in [2.05, 4.69) is 36.4 Å². The van der Waals surface area contributed by atoms with E-state index in [4.69, 9.17) is 0 Å². The second-order valence-corrected chi connectivity index (χ2v) is 5.45. The van der Waals surface area contributed by atoms with Crippen LogP contribution in [0, 0.1) is 6.92 Å². The fourth-order valence-corrected chi connectivity index (χ4v) is 2.03. The van der Waals surface area contributed by atoms with E-state index >= 15 is 0 Å². The van der Waals surface area contributed by atoms with Crippen molar-refractivity contribution >= 4 is 28.1 Å². The number of aromatic amines is 2. The largest absolute Gasteiger partial charge is 0.325 e. The molecule has 0 saturated heterocycles. The third-order valence-corrected chi connectivity index (χ3v) is 3.39. The highest BCUT2D eigenvalue weighted by Gasteiger charge is 2.10. The number of hydrazone groups is 1. The van der Waals surface area contributed by atoms with Crippen LogP contribution in [-0.2, 0) is 11.2 Å². The van der Waals surface area contributed by atoms with Crippen LogP contribution < -0.4 is 16.7 Å². The van der Waals surface area contributed by atoms with Gasteiger partial charge < -0.3 is 4.98 Å². The highest BCUT2D eigenvalue weighted by molar-refractivity contribution is 9.10. The molecule has 3 N–H and O–H groups in total. The molecule has 1 aromatic carbocycles. The van der Waals surface area contributed by atoms with Crippen LogP contribution in [0.2, 0.25) is 0 Å². The summed E-state index contributed by atoms with van der Waals surface area (Å²) >= 11 is 3.32. The Balaban J connectivity index is 2.00. The summed E-state index contributed by atoms with van der Waals surface area (Å²) in [7, 11) is 0. The second-order valence-electron chi connectivity index (χ2n) is 4.53. The first kappa shape index (κ1) is 15.9. The predicted octanol–water partition coefficient (Wildman–Crippen LogP) is 0.827. The van der Waals surface area contributed by atoms with Gasteiger partial charge in [-0.3, -0.25) is 14.6 Å². The van der Waals surface area contributed by atoms with Gasteiger partial charge in [-0.15, -0.1) is 0 Å². The summed E-state index contributed by atoms with van der Waals surface area (Å²) in [5, 5.41) is 3.82. The lowest BCUT2D eigenvalue weighted by atomic mass is 10.1. The van der Waals surface area contributed by atoms with E-state index in [9.17, 15) is 14.4 Å². The molecule has 1 amide bonds. The number of nitrogens with one attached hydrogen (secondary N) is 3. The summed E-state index contributed by atoms with van der Waals surface area (Å²) in [5.74, 6) is -0.450. The van der Waals surface area contributed by atoms with Gasteiger partial charge in [-0.05, 0) is 24.6 Å². The van der Waals surface area contributed by atoms with Crippen molar-refractivity contribution in [3.63, 3.8) is 0 Å². The number of H-pyrrole nitrogens is 2. The average molecular weight is 365 g/mol. The summed E-state index contributed by atoms with van der Waals surface area (Å²) < 4.78 is 0.946. The molecule has 0 saturated carbocycles. The van der Waals surface area contributed by atoms with E-state index in [1.54, 1.807) is 6.92 Å². The van der Waals surface area contributed by atoms with Gasteiger partial charge >= 0.3 is 5.69 Å². The van der Waals surface area contributed by atoms with E-state index in [0.29, 0.717) is 5.69 Å². The fraction of sp³-hybridized carbons (Fsp3) is 0.143. The molecule has 0 atom stereocenters. The van der Waals surface area contributed by atoms with E-state index < -0.39 is 17.2 Å². The molecule has 2 rings (SSSR count). The van der Waals surface area contributed by atoms with Crippen molar-refractivity contribution in [1.82, 2.24) is 15.4 Å². The summed E-state index contributed by atoms with van der Waals surface area (Å²) in [6.45, 7) is 1.56. The summed E-state index contributed by atoms with van der Waals surface area (Å²) in [6.07, 6.45) is 1.32. The molecule has 0 aliphatic rings. The van der Waals surface area contributed by atoms with Gasteiger partial charge in [0, 0.05) is 15.7 Å². The fourth-order valence-electron chi connectivity index (χ4n) is 1.77. The molecule has 0 aliphatic heterocycles. The highest BCUT2D eigenvalue weighted by Crippen LogP contribution is 2.08. The number of aromatic nitrogens is 2. The second kappa shape index (κ2) is 6.99. The van der Waals surface area contributed by atoms with Crippen LogP contribution in [0.4, 0.5) is 0 Å². The van der Waals surface area contributed by atoms with Crippen LogP contribution in [0.25, 0.3) is 0 Å². The van der Waals surface area contributed by atoms with Crippen molar-refractivity contribution in [2.45, 2.75) is 13.3 Å². The minimum Gasteiger partial charge on any atom is -0.311 e. The Morgan fingerprint density at radius 2 is 1.95 bits per heavy atom. The minimum atomic E-state index is -0.597. The molecule has 22 heavy (non-hydrogen) atoms. The Labute approximate surface area is 133 Å². The van der Waals surface area contributed by atoms with Crippen LogP contribution in [0.1, 0.15) is 16.8 Å². The van der Waals surface area contributed by atoms with Gasteiger partial charge in [0.2, 0.25) is 5.91 Å². The third-order valence-electron chi connectivity index (χ3n) is 2.87. The van der Waals surface area contributed by atoms with Crippen LogP contribution in [-0.4, -0.2) is 22.1 Å². The predicted molar refractivity (Wildman–Crippen MR) is 86.0 cm³/mol. The van der Waals surface area contributed by atoms with E-state index in [1.165, 1.54) is 6.21 Å². The highest BCUT2D eigenvalue weighted by atomic mass is 79.9. The average Bonchev–Trinajstić information content (AvgIpc) is 2.45. The smallest absolute Gasteiger partial charge is 0.311 e. The topological polar surface area (TPSA) is 107 Å².